The van der Waals surface area contributed by atoms with Crippen LogP contribution in [0.3, 0.4) is 0 Å². The average Bonchev–Trinajstić information content (AvgIpc) is 2.25. The zero-order chi connectivity index (χ0) is 12.1. The van der Waals surface area contributed by atoms with Crippen LogP contribution in [0.15, 0.2) is 18.2 Å². The molecule has 0 fully saturated rings. The van der Waals surface area contributed by atoms with E-state index in [-0.39, 0.29) is 11.2 Å². The highest BCUT2D eigenvalue weighted by Crippen LogP contribution is 2.27. The zero-order valence-corrected chi connectivity index (χ0v) is 11.2. The molecule has 0 spiro atoms. The minimum Gasteiger partial charge on any atom is -0.207 e. The number of alkyl halides is 1. The molecule has 0 bridgehead atoms. The number of rotatable bonds is 5. The maximum absolute atomic E-state index is 13.5. The number of hydrogen-bond donors (Lipinski definition) is 0. The lowest BCUT2D eigenvalue weighted by molar-refractivity contribution is 0.459. The molecule has 1 unspecified atom stereocenters. The predicted molar refractivity (Wildman–Crippen MR) is 68.8 cm³/mol. The van der Waals surface area contributed by atoms with Crippen molar-refractivity contribution in [2.75, 3.05) is 0 Å². The Morgan fingerprint density at radius 3 is 2.38 bits per heavy atom. The summed E-state index contributed by atoms with van der Waals surface area (Å²) in [6.45, 7) is 4.21. The molecule has 0 saturated carbocycles. The van der Waals surface area contributed by atoms with E-state index < -0.39 is 0 Å². The molecule has 90 valence electrons. The summed E-state index contributed by atoms with van der Waals surface area (Å²) in [6.07, 6.45) is 2.52. The van der Waals surface area contributed by atoms with Crippen LogP contribution in [0.1, 0.15) is 32.3 Å². The van der Waals surface area contributed by atoms with E-state index in [4.69, 9.17) is 23.2 Å². The molecule has 0 radical (unpaired) electrons. The van der Waals surface area contributed by atoms with Gasteiger partial charge in [0.25, 0.3) is 0 Å². The van der Waals surface area contributed by atoms with Crippen LogP contribution in [0.4, 0.5) is 4.39 Å². The summed E-state index contributed by atoms with van der Waals surface area (Å²) in [7, 11) is 0. The number of halogens is 3. The van der Waals surface area contributed by atoms with Gasteiger partial charge in [-0.1, -0.05) is 44.4 Å². The van der Waals surface area contributed by atoms with Crippen molar-refractivity contribution in [1.29, 1.82) is 0 Å². The van der Waals surface area contributed by atoms with E-state index in [2.05, 4.69) is 13.8 Å². The van der Waals surface area contributed by atoms with Crippen LogP contribution in [0.5, 0.6) is 0 Å². The second kappa shape index (κ2) is 6.46. The normalized spacial score (nSPS) is 13.1. The smallest absolute Gasteiger partial charge is 0.127 e. The van der Waals surface area contributed by atoms with Crippen molar-refractivity contribution in [2.24, 2.45) is 5.92 Å². The molecule has 0 nitrogen and oxygen atoms in total. The van der Waals surface area contributed by atoms with Crippen molar-refractivity contribution in [1.82, 2.24) is 0 Å². The van der Waals surface area contributed by atoms with Gasteiger partial charge in [-0.15, -0.1) is 11.6 Å². The summed E-state index contributed by atoms with van der Waals surface area (Å²) in [6, 6.07) is 4.75. The standard InChI is InChI=1S/C13H17Cl2F/c1-3-9(4-2)12(15)8-10-11(14)6-5-7-13(10)16/h5-7,9,12H,3-4,8H2,1-2H3. The first-order valence-electron chi connectivity index (χ1n) is 5.67. The summed E-state index contributed by atoms with van der Waals surface area (Å²) < 4.78 is 13.5. The highest BCUT2D eigenvalue weighted by molar-refractivity contribution is 6.31. The van der Waals surface area contributed by atoms with Crippen LogP contribution in [-0.2, 0) is 6.42 Å². The molecule has 1 aromatic carbocycles. The van der Waals surface area contributed by atoms with Gasteiger partial charge in [0, 0.05) is 16.0 Å². The molecule has 0 aliphatic rings. The second-order valence-electron chi connectivity index (χ2n) is 4.00. The third kappa shape index (κ3) is 3.36. The van der Waals surface area contributed by atoms with E-state index in [0.717, 1.165) is 12.8 Å². The molecule has 0 amide bonds. The molecule has 1 rings (SSSR count). The topological polar surface area (TPSA) is 0 Å². The van der Waals surface area contributed by atoms with Gasteiger partial charge in [-0.3, -0.25) is 0 Å². The molecule has 1 atom stereocenters. The Balaban J connectivity index is 2.80. The van der Waals surface area contributed by atoms with Crippen molar-refractivity contribution in [3.63, 3.8) is 0 Å². The van der Waals surface area contributed by atoms with Crippen LogP contribution in [0.2, 0.25) is 5.02 Å². The van der Waals surface area contributed by atoms with Crippen LogP contribution in [0.25, 0.3) is 0 Å². The van der Waals surface area contributed by atoms with Gasteiger partial charge in [0.05, 0.1) is 0 Å². The lowest BCUT2D eigenvalue weighted by Crippen LogP contribution is -2.17. The Morgan fingerprint density at radius 1 is 1.25 bits per heavy atom. The minimum absolute atomic E-state index is 0.0515. The van der Waals surface area contributed by atoms with Crippen molar-refractivity contribution >= 4 is 23.2 Å². The maximum atomic E-state index is 13.5. The lowest BCUT2D eigenvalue weighted by atomic mass is 9.94. The quantitative estimate of drug-likeness (QED) is 0.651. The first-order valence-corrected chi connectivity index (χ1v) is 6.48. The molecule has 16 heavy (non-hydrogen) atoms. The van der Waals surface area contributed by atoms with E-state index >= 15 is 0 Å². The van der Waals surface area contributed by atoms with Gasteiger partial charge in [-0.2, -0.15) is 0 Å². The minimum atomic E-state index is -0.260. The average molecular weight is 263 g/mol. The van der Waals surface area contributed by atoms with E-state index in [1.165, 1.54) is 6.07 Å². The van der Waals surface area contributed by atoms with Gasteiger partial charge in [-0.05, 0) is 24.5 Å². The third-order valence-corrected chi connectivity index (χ3v) is 3.89. The van der Waals surface area contributed by atoms with Crippen LogP contribution < -0.4 is 0 Å². The highest BCUT2D eigenvalue weighted by atomic mass is 35.5. The molecule has 1 aromatic rings. The molecule has 0 aliphatic heterocycles. The second-order valence-corrected chi connectivity index (χ2v) is 4.96. The van der Waals surface area contributed by atoms with Crippen LogP contribution in [0, 0.1) is 11.7 Å². The fourth-order valence-electron chi connectivity index (χ4n) is 1.89. The van der Waals surface area contributed by atoms with E-state index in [1.807, 2.05) is 0 Å². The Bertz CT molecular complexity index is 314. The Hall–Kier alpha value is -0.270. The summed E-state index contributed by atoms with van der Waals surface area (Å²) in [5.74, 6) is 0.154. The molecule has 0 saturated heterocycles. The Kier molecular flexibility index (Phi) is 5.57. The molecule has 0 heterocycles. The zero-order valence-electron chi connectivity index (χ0n) is 9.64. The molecule has 0 aromatic heterocycles. The lowest BCUT2D eigenvalue weighted by Gasteiger charge is -2.19. The molecule has 0 N–H and O–H groups in total. The van der Waals surface area contributed by atoms with Crippen molar-refractivity contribution in [3.8, 4) is 0 Å². The third-order valence-electron chi connectivity index (χ3n) is 3.02. The first-order chi connectivity index (χ1) is 7.60. The SMILES string of the molecule is CCC(CC)C(Cl)Cc1c(F)cccc1Cl. The monoisotopic (exact) mass is 262 g/mol. The molecular weight excluding hydrogens is 246 g/mol. The summed E-state index contributed by atoms with van der Waals surface area (Å²) in [5.41, 5.74) is 0.538. The number of benzene rings is 1. The van der Waals surface area contributed by atoms with Gasteiger partial charge in [0.2, 0.25) is 0 Å². The summed E-state index contributed by atoms with van der Waals surface area (Å²) >= 11 is 12.3. The predicted octanol–water partition coefficient (Wildman–Crippen LogP) is 5.07. The van der Waals surface area contributed by atoms with Gasteiger partial charge < -0.3 is 0 Å². The fourth-order valence-corrected chi connectivity index (χ4v) is 2.64. The van der Waals surface area contributed by atoms with E-state index in [9.17, 15) is 4.39 Å². The first kappa shape index (κ1) is 13.8. The number of hydrogen-bond acceptors (Lipinski definition) is 0. The van der Waals surface area contributed by atoms with Crippen LogP contribution >= 0.6 is 23.2 Å². The van der Waals surface area contributed by atoms with Gasteiger partial charge >= 0.3 is 0 Å². The van der Waals surface area contributed by atoms with Gasteiger partial charge in [-0.25, -0.2) is 4.39 Å². The van der Waals surface area contributed by atoms with Crippen LogP contribution in [-0.4, -0.2) is 5.38 Å². The van der Waals surface area contributed by atoms with Crippen molar-refractivity contribution < 1.29 is 4.39 Å². The summed E-state index contributed by atoms with van der Waals surface area (Å²) in [5, 5.41) is 0.418. The van der Waals surface area contributed by atoms with Gasteiger partial charge in [0.15, 0.2) is 0 Å². The molecule has 3 heteroatoms. The summed E-state index contributed by atoms with van der Waals surface area (Å²) in [4.78, 5) is 0. The van der Waals surface area contributed by atoms with E-state index in [0.29, 0.717) is 22.9 Å². The van der Waals surface area contributed by atoms with E-state index in [1.54, 1.807) is 12.1 Å². The molecular formula is C13H17Cl2F. The molecule has 0 aliphatic carbocycles. The fraction of sp³-hybridized carbons (Fsp3) is 0.538. The van der Waals surface area contributed by atoms with Crippen molar-refractivity contribution in [2.45, 2.75) is 38.5 Å². The van der Waals surface area contributed by atoms with Crippen molar-refractivity contribution in [3.05, 3.63) is 34.6 Å². The highest BCUT2D eigenvalue weighted by Gasteiger charge is 2.19. The maximum Gasteiger partial charge on any atom is 0.127 e. The Morgan fingerprint density at radius 2 is 1.88 bits per heavy atom. The largest absolute Gasteiger partial charge is 0.207 e. The van der Waals surface area contributed by atoms with Gasteiger partial charge in [0.1, 0.15) is 5.82 Å². The Labute approximate surface area is 107 Å².